The Morgan fingerprint density at radius 1 is 1.37 bits per heavy atom. The van der Waals surface area contributed by atoms with Crippen molar-refractivity contribution in [3.05, 3.63) is 0 Å². The van der Waals surface area contributed by atoms with E-state index in [-0.39, 0.29) is 11.9 Å². The van der Waals surface area contributed by atoms with Gasteiger partial charge in [0.25, 0.3) is 0 Å². The molecule has 19 heavy (non-hydrogen) atoms. The molecule has 1 aliphatic rings. The average molecular weight is 286 g/mol. The maximum atomic E-state index is 12.3. The second-order valence-electron chi connectivity index (χ2n) is 6.71. The molecule has 2 N–H and O–H groups in total. The number of carbonyl (C=O) groups is 1. The molecule has 1 amide bonds. The van der Waals surface area contributed by atoms with Crippen LogP contribution in [0.25, 0.3) is 0 Å². The van der Waals surface area contributed by atoms with E-state index in [1.165, 1.54) is 6.42 Å². The molecule has 1 saturated heterocycles. The molecule has 0 bridgehead atoms. The summed E-state index contributed by atoms with van der Waals surface area (Å²) in [6.07, 6.45) is 6.30. The van der Waals surface area contributed by atoms with E-state index >= 15 is 0 Å². The standard InChI is InChI=1S/C15H30N2OS/c1-15(2,3)12-6-5-9-17(10-7-12)14(18)13(16)8-11-19-4/h12-13H,5-11,16H2,1-4H3/t12?,13-/m0/s1. The van der Waals surface area contributed by atoms with Crippen molar-refractivity contribution >= 4 is 17.7 Å². The maximum absolute atomic E-state index is 12.3. The fourth-order valence-electron chi connectivity index (χ4n) is 2.79. The number of carbonyl (C=O) groups excluding carboxylic acids is 1. The van der Waals surface area contributed by atoms with E-state index in [4.69, 9.17) is 5.73 Å². The van der Waals surface area contributed by atoms with Crippen molar-refractivity contribution < 1.29 is 4.79 Å². The third-order valence-corrected chi connectivity index (χ3v) is 4.86. The molecule has 1 aliphatic heterocycles. The molecule has 0 saturated carbocycles. The van der Waals surface area contributed by atoms with Crippen LogP contribution in [0.5, 0.6) is 0 Å². The number of nitrogens with zero attached hydrogens (tertiary/aromatic N) is 1. The highest BCUT2D eigenvalue weighted by Crippen LogP contribution is 2.34. The fraction of sp³-hybridized carbons (Fsp3) is 0.933. The Bertz CT molecular complexity index is 288. The third kappa shape index (κ3) is 5.35. The molecule has 112 valence electrons. The van der Waals surface area contributed by atoms with Gasteiger partial charge in [0.2, 0.25) is 5.91 Å². The van der Waals surface area contributed by atoms with Gasteiger partial charge in [-0.25, -0.2) is 0 Å². The van der Waals surface area contributed by atoms with Gasteiger partial charge in [-0.1, -0.05) is 20.8 Å². The first kappa shape index (κ1) is 16.8. The Morgan fingerprint density at radius 3 is 2.63 bits per heavy atom. The van der Waals surface area contributed by atoms with Crippen molar-refractivity contribution in [2.24, 2.45) is 17.1 Å². The van der Waals surface area contributed by atoms with Crippen LogP contribution in [-0.2, 0) is 4.79 Å². The minimum absolute atomic E-state index is 0.156. The minimum atomic E-state index is -0.307. The molecule has 2 atom stereocenters. The molecule has 3 nitrogen and oxygen atoms in total. The van der Waals surface area contributed by atoms with E-state index < -0.39 is 0 Å². The number of likely N-dealkylation sites (tertiary alicyclic amines) is 1. The fourth-order valence-corrected chi connectivity index (χ4v) is 3.28. The molecule has 1 fully saturated rings. The van der Waals surface area contributed by atoms with Crippen molar-refractivity contribution in [3.8, 4) is 0 Å². The van der Waals surface area contributed by atoms with Crippen LogP contribution in [0.1, 0.15) is 46.5 Å². The number of nitrogens with two attached hydrogens (primary N) is 1. The Balaban J connectivity index is 2.50. The largest absolute Gasteiger partial charge is 0.341 e. The van der Waals surface area contributed by atoms with Gasteiger partial charge in [0.15, 0.2) is 0 Å². The van der Waals surface area contributed by atoms with Gasteiger partial charge >= 0.3 is 0 Å². The topological polar surface area (TPSA) is 46.3 Å². The summed E-state index contributed by atoms with van der Waals surface area (Å²) >= 11 is 1.75. The van der Waals surface area contributed by atoms with Crippen LogP contribution < -0.4 is 5.73 Å². The Hall–Kier alpha value is -0.220. The zero-order chi connectivity index (χ0) is 14.5. The lowest BCUT2D eigenvalue weighted by molar-refractivity contribution is -0.132. The third-order valence-electron chi connectivity index (χ3n) is 4.21. The SMILES string of the molecule is CSCC[C@H](N)C(=O)N1CCCC(C(C)(C)C)CC1. The van der Waals surface area contributed by atoms with Crippen LogP contribution >= 0.6 is 11.8 Å². The predicted molar refractivity (Wildman–Crippen MR) is 84.4 cm³/mol. The van der Waals surface area contributed by atoms with E-state index in [1.54, 1.807) is 11.8 Å². The van der Waals surface area contributed by atoms with E-state index in [9.17, 15) is 4.79 Å². The number of hydrogen-bond acceptors (Lipinski definition) is 3. The lowest BCUT2D eigenvalue weighted by atomic mass is 9.77. The molecular formula is C15H30N2OS. The Kier molecular flexibility index (Phi) is 6.67. The van der Waals surface area contributed by atoms with E-state index in [2.05, 4.69) is 27.0 Å². The highest BCUT2D eigenvalue weighted by Gasteiger charge is 2.29. The highest BCUT2D eigenvalue weighted by atomic mass is 32.2. The summed E-state index contributed by atoms with van der Waals surface area (Å²) in [5, 5.41) is 0. The molecule has 0 radical (unpaired) electrons. The molecule has 1 heterocycles. The first-order valence-corrected chi connectivity index (χ1v) is 8.79. The molecule has 0 aromatic heterocycles. The summed E-state index contributed by atoms with van der Waals surface area (Å²) in [4.78, 5) is 14.3. The van der Waals surface area contributed by atoms with Crippen LogP contribution in [0.4, 0.5) is 0 Å². The van der Waals surface area contributed by atoms with E-state index in [1.807, 2.05) is 4.90 Å². The molecule has 1 unspecified atom stereocenters. The molecule has 1 rings (SSSR count). The van der Waals surface area contributed by atoms with Crippen LogP contribution in [0, 0.1) is 11.3 Å². The normalized spacial score (nSPS) is 23.0. The summed E-state index contributed by atoms with van der Waals surface area (Å²) in [7, 11) is 0. The minimum Gasteiger partial charge on any atom is -0.341 e. The van der Waals surface area contributed by atoms with Gasteiger partial charge in [-0.05, 0) is 49.0 Å². The second kappa shape index (κ2) is 7.53. The predicted octanol–water partition coefficient (Wildman–Crippen LogP) is 2.74. The Labute approximate surface area is 122 Å². The number of hydrogen-bond donors (Lipinski definition) is 1. The summed E-state index contributed by atoms with van der Waals surface area (Å²) in [5.41, 5.74) is 6.35. The lowest BCUT2D eigenvalue weighted by Crippen LogP contribution is -2.44. The molecule has 0 spiro atoms. The number of thioether (sulfide) groups is 1. The van der Waals surface area contributed by atoms with Gasteiger partial charge in [-0.15, -0.1) is 0 Å². The first-order valence-electron chi connectivity index (χ1n) is 7.39. The average Bonchev–Trinajstić information content (AvgIpc) is 2.60. The summed E-state index contributed by atoms with van der Waals surface area (Å²) in [6, 6.07) is -0.307. The highest BCUT2D eigenvalue weighted by molar-refractivity contribution is 7.98. The Morgan fingerprint density at radius 2 is 2.05 bits per heavy atom. The van der Waals surface area contributed by atoms with Gasteiger partial charge < -0.3 is 10.6 Å². The van der Waals surface area contributed by atoms with Crippen LogP contribution in [0.15, 0.2) is 0 Å². The summed E-state index contributed by atoms with van der Waals surface area (Å²) in [5.74, 6) is 1.84. The number of rotatable bonds is 4. The smallest absolute Gasteiger partial charge is 0.239 e. The summed E-state index contributed by atoms with van der Waals surface area (Å²) < 4.78 is 0. The van der Waals surface area contributed by atoms with Crippen LogP contribution in [-0.4, -0.2) is 41.9 Å². The van der Waals surface area contributed by atoms with E-state index in [0.29, 0.717) is 11.3 Å². The van der Waals surface area contributed by atoms with Gasteiger partial charge in [-0.3, -0.25) is 4.79 Å². The van der Waals surface area contributed by atoms with Gasteiger partial charge in [0.1, 0.15) is 0 Å². The van der Waals surface area contributed by atoms with Gasteiger partial charge in [0, 0.05) is 13.1 Å². The second-order valence-corrected chi connectivity index (χ2v) is 7.69. The lowest BCUT2D eigenvalue weighted by Gasteiger charge is -2.30. The van der Waals surface area contributed by atoms with Crippen molar-refractivity contribution in [2.45, 2.75) is 52.5 Å². The van der Waals surface area contributed by atoms with Gasteiger partial charge in [0.05, 0.1) is 6.04 Å². The van der Waals surface area contributed by atoms with Crippen molar-refractivity contribution in [1.82, 2.24) is 4.90 Å². The monoisotopic (exact) mass is 286 g/mol. The maximum Gasteiger partial charge on any atom is 0.239 e. The summed E-state index contributed by atoms with van der Waals surface area (Å²) in [6.45, 7) is 8.68. The van der Waals surface area contributed by atoms with E-state index in [0.717, 1.165) is 38.1 Å². The molecule has 0 aliphatic carbocycles. The quantitative estimate of drug-likeness (QED) is 0.864. The first-order chi connectivity index (χ1) is 8.86. The van der Waals surface area contributed by atoms with Crippen LogP contribution in [0.3, 0.4) is 0 Å². The van der Waals surface area contributed by atoms with Gasteiger partial charge in [-0.2, -0.15) is 11.8 Å². The van der Waals surface area contributed by atoms with Crippen molar-refractivity contribution in [3.63, 3.8) is 0 Å². The molecule has 4 heteroatoms. The van der Waals surface area contributed by atoms with Crippen LogP contribution in [0.2, 0.25) is 0 Å². The molecule has 0 aromatic rings. The zero-order valence-corrected chi connectivity index (χ0v) is 13.8. The molecule has 0 aromatic carbocycles. The van der Waals surface area contributed by atoms with Crippen molar-refractivity contribution in [2.75, 3.05) is 25.1 Å². The zero-order valence-electron chi connectivity index (χ0n) is 12.9. The molecular weight excluding hydrogens is 256 g/mol. The van der Waals surface area contributed by atoms with Crippen molar-refractivity contribution in [1.29, 1.82) is 0 Å². The number of amides is 1.